The molecule has 1 aliphatic carbocycles. The normalized spacial score (nSPS) is 17.2. The summed E-state index contributed by atoms with van der Waals surface area (Å²) in [5.41, 5.74) is 11.6. The van der Waals surface area contributed by atoms with E-state index in [9.17, 15) is 4.79 Å². The van der Waals surface area contributed by atoms with Crippen LogP contribution in [0.2, 0.25) is 0 Å². The van der Waals surface area contributed by atoms with Gasteiger partial charge in [0.25, 0.3) is 0 Å². The highest BCUT2D eigenvalue weighted by molar-refractivity contribution is 6.03. The molecular formula is C22H29N3O2. The first-order valence-corrected chi connectivity index (χ1v) is 9.48. The lowest BCUT2D eigenvalue weighted by atomic mass is 9.76. The number of fused-ring (bicyclic) bond motifs is 1. The van der Waals surface area contributed by atoms with E-state index < -0.39 is 5.91 Å². The molecule has 5 heteroatoms. The lowest BCUT2D eigenvalue weighted by molar-refractivity contribution is 0.100. The quantitative estimate of drug-likeness (QED) is 0.803. The molecular weight excluding hydrogens is 338 g/mol. The number of nitrogens with zero attached hydrogens (tertiary/aromatic N) is 2. The molecule has 0 atom stereocenters. The molecule has 0 spiro atoms. The highest BCUT2D eigenvalue weighted by Crippen LogP contribution is 2.38. The molecule has 27 heavy (non-hydrogen) atoms. The Labute approximate surface area is 161 Å². The third-order valence-corrected chi connectivity index (χ3v) is 4.88. The number of carbonyl (C=O) groups is 1. The smallest absolute Gasteiger partial charge is 0.248 e. The van der Waals surface area contributed by atoms with Crippen molar-refractivity contribution in [3.63, 3.8) is 0 Å². The van der Waals surface area contributed by atoms with Crippen LogP contribution in [0.15, 0.2) is 35.5 Å². The van der Waals surface area contributed by atoms with Crippen molar-refractivity contribution in [3.8, 4) is 5.69 Å². The monoisotopic (exact) mass is 367 g/mol. The van der Waals surface area contributed by atoms with Gasteiger partial charge < -0.3 is 15.1 Å². The molecule has 1 heterocycles. The molecule has 5 nitrogen and oxygen atoms in total. The van der Waals surface area contributed by atoms with E-state index in [1.807, 2.05) is 12.1 Å². The summed E-state index contributed by atoms with van der Waals surface area (Å²) >= 11 is 0. The van der Waals surface area contributed by atoms with Gasteiger partial charge in [0.05, 0.1) is 5.71 Å². The molecule has 1 aliphatic rings. The summed E-state index contributed by atoms with van der Waals surface area (Å²) in [6.45, 7) is 11.5. The Hall–Kier alpha value is -2.56. The van der Waals surface area contributed by atoms with Crippen LogP contribution < -0.4 is 5.73 Å². The van der Waals surface area contributed by atoms with Gasteiger partial charge in [-0.25, -0.2) is 0 Å². The van der Waals surface area contributed by atoms with Crippen molar-refractivity contribution >= 4 is 11.6 Å². The summed E-state index contributed by atoms with van der Waals surface area (Å²) in [5, 5.41) is 4.49. The topological polar surface area (TPSA) is 69.6 Å². The first kappa shape index (κ1) is 19.2. The predicted octanol–water partition coefficient (Wildman–Crippen LogP) is 4.23. The van der Waals surface area contributed by atoms with Gasteiger partial charge in [0.2, 0.25) is 5.91 Å². The zero-order valence-corrected chi connectivity index (χ0v) is 16.9. The fourth-order valence-electron chi connectivity index (χ4n) is 3.66. The van der Waals surface area contributed by atoms with E-state index in [4.69, 9.17) is 10.6 Å². The third-order valence-electron chi connectivity index (χ3n) is 4.88. The van der Waals surface area contributed by atoms with Gasteiger partial charge in [0, 0.05) is 28.2 Å². The number of oxime groups is 1. The van der Waals surface area contributed by atoms with Crippen LogP contribution in [0.5, 0.6) is 0 Å². The van der Waals surface area contributed by atoms with E-state index in [1.165, 1.54) is 5.69 Å². The van der Waals surface area contributed by atoms with Crippen molar-refractivity contribution in [2.24, 2.45) is 22.2 Å². The summed E-state index contributed by atoms with van der Waals surface area (Å²) in [7, 11) is 0. The van der Waals surface area contributed by atoms with Gasteiger partial charge in [-0.15, -0.1) is 0 Å². The zero-order chi connectivity index (χ0) is 19.8. The first-order valence-electron chi connectivity index (χ1n) is 9.48. The predicted molar refractivity (Wildman–Crippen MR) is 108 cm³/mol. The van der Waals surface area contributed by atoms with Gasteiger partial charge in [-0.1, -0.05) is 32.9 Å². The Morgan fingerprint density at radius 1 is 1.26 bits per heavy atom. The number of primary amides is 1. The number of hydrogen-bond acceptors (Lipinski definition) is 3. The summed E-state index contributed by atoms with van der Waals surface area (Å²) < 4.78 is 2.25. The number of carbonyl (C=O) groups excluding carboxylic acids is 1. The Morgan fingerprint density at radius 2 is 1.93 bits per heavy atom. The number of benzene rings is 1. The Balaban J connectivity index is 2.04. The van der Waals surface area contributed by atoms with Crippen molar-refractivity contribution in [1.29, 1.82) is 0 Å². The Kier molecular flexibility index (Phi) is 5.13. The van der Waals surface area contributed by atoms with Crippen molar-refractivity contribution in [3.05, 3.63) is 52.8 Å². The number of nitrogens with two attached hydrogens (primary N) is 1. The molecule has 0 radical (unpaired) electrons. The second-order valence-corrected chi connectivity index (χ2v) is 8.64. The molecule has 2 N–H and O–H groups in total. The van der Waals surface area contributed by atoms with Crippen LogP contribution in [-0.4, -0.2) is 22.8 Å². The van der Waals surface area contributed by atoms with Crippen LogP contribution in [0.1, 0.15) is 61.4 Å². The maximum Gasteiger partial charge on any atom is 0.248 e. The number of hydrogen-bond donors (Lipinski definition) is 1. The second-order valence-electron chi connectivity index (χ2n) is 8.64. The molecule has 3 rings (SSSR count). The third kappa shape index (κ3) is 4.07. The van der Waals surface area contributed by atoms with Crippen LogP contribution in [0.3, 0.4) is 0 Å². The van der Waals surface area contributed by atoms with Crippen LogP contribution in [0.4, 0.5) is 0 Å². The van der Waals surface area contributed by atoms with Gasteiger partial charge in [-0.3, -0.25) is 4.79 Å². The summed E-state index contributed by atoms with van der Waals surface area (Å²) in [6, 6.07) is 9.63. The lowest BCUT2D eigenvalue weighted by Gasteiger charge is -2.31. The zero-order valence-electron chi connectivity index (χ0n) is 16.9. The van der Waals surface area contributed by atoms with Gasteiger partial charge >= 0.3 is 0 Å². The molecule has 0 bridgehead atoms. The SMILES string of the molecule is Cc1cc2c(n1-c1ccc(C(N)=O)cc1)CC(C)(C)C/C2=N\OCC(C)C. The van der Waals surface area contributed by atoms with Gasteiger partial charge in [0.15, 0.2) is 0 Å². The van der Waals surface area contributed by atoms with E-state index in [2.05, 4.69) is 50.4 Å². The largest absolute Gasteiger partial charge is 0.395 e. The van der Waals surface area contributed by atoms with Crippen molar-refractivity contribution in [2.75, 3.05) is 6.61 Å². The molecule has 1 amide bonds. The summed E-state index contributed by atoms with van der Waals surface area (Å²) in [4.78, 5) is 17.0. The Bertz CT molecular complexity index is 874. The highest BCUT2D eigenvalue weighted by Gasteiger charge is 2.33. The van der Waals surface area contributed by atoms with E-state index in [1.54, 1.807) is 12.1 Å². The fourth-order valence-corrected chi connectivity index (χ4v) is 3.66. The minimum absolute atomic E-state index is 0.0999. The number of aryl methyl sites for hydroxylation is 1. The Morgan fingerprint density at radius 3 is 2.52 bits per heavy atom. The van der Waals surface area contributed by atoms with Crippen LogP contribution in [0, 0.1) is 18.3 Å². The molecule has 0 unspecified atom stereocenters. The molecule has 1 aromatic carbocycles. The van der Waals surface area contributed by atoms with E-state index in [0.29, 0.717) is 18.1 Å². The van der Waals surface area contributed by atoms with Crippen LogP contribution in [0.25, 0.3) is 5.69 Å². The molecule has 0 aliphatic heterocycles. The number of rotatable bonds is 5. The summed E-state index contributed by atoms with van der Waals surface area (Å²) in [6.07, 6.45) is 1.85. The fraction of sp³-hybridized carbons (Fsp3) is 0.455. The van der Waals surface area contributed by atoms with Gasteiger partial charge in [0.1, 0.15) is 6.61 Å². The number of amides is 1. The molecule has 0 saturated carbocycles. The first-order chi connectivity index (χ1) is 12.7. The van der Waals surface area contributed by atoms with Crippen molar-refractivity contribution < 1.29 is 9.63 Å². The standard InChI is InChI=1S/C22H29N3O2/c1-14(2)13-27-24-19-11-22(4,5)12-20-18(19)10-15(3)25(20)17-8-6-16(7-9-17)21(23)26/h6-10,14H,11-13H2,1-5H3,(H2,23,26)/b24-19+. The van der Waals surface area contributed by atoms with Crippen molar-refractivity contribution in [2.45, 2.75) is 47.5 Å². The average Bonchev–Trinajstić information content (AvgIpc) is 2.89. The van der Waals surface area contributed by atoms with Crippen molar-refractivity contribution in [1.82, 2.24) is 4.57 Å². The maximum absolute atomic E-state index is 11.4. The van der Waals surface area contributed by atoms with Crippen LogP contribution in [-0.2, 0) is 11.3 Å². The molecule has 1 aromatic heterocycles. The lowest BCUT2D eigenvalue weighted by Crippen LogP contribution is -2.28. The van der Waals surface area contributed by atoms with E-state index in [-0.39, 0.29) is 5.41 Å². The summed E-state index contributed by atoms with van der Waals surface area (Å²) in [5.74, 6) is 0.0335. The minimum atomic E-state index is -0.411. The van der Waals surface area contributed by atoms with E-state index in [0.717, 1.165) is 35.5 Å². The molecule has 0 fully saturated rings. The molecule has 2 aromatic rings. The maximum atomic E-state index is 11.4. The van der Waals surface area contributed by atoms with Gasteiger partial charge in [-0.2, -0.15) is 0 Å². The number of aromatic nitrogens is 1. The second kappa shape index (κ2) is 7.22. The van der Waals surface area contributed by atoms with E-state index >= 15 is 0 Å². The van der Waals surface area contributed by atoms with Crippen LogP contribution >= 0.6 is 0 Å². The molecule has 144 valence electrons. The average molecular weight is 367 g/mol. The highest BCUT2D eigenvalue weighted by atomic mass is 16.6. The van der Waals surface area contributed by atoms with Gasteiger partial charge in [-0.05, 0) is 61.4 Å². The minimum Gasteiger partial charge on any atom is -0.395 e. The molecule has 0 saturated heterocycles.